The molecule has 1 heterocycles. The topological polar surface area (TPSA) is 21.3 Å². The third-order valence-corrected chi connectivity index (χ3v) is 4.24. The van der Waals surface area contributed by atoms with E-state index >= 15 is 0 Å². The van der Waals surface area contributed by atoms with Crippen molar-refractivity contribution < 1.29 is 4.74 Å². The lowest BCUT2D eigenvalue weighted by molar-refractivity contribution is 0.166. The maximum Gasteiger partial charge on any atom is 0.0660 e. The number of rotatable bonds is 3. The van der Waals surface area contributed by atoms with Gasteiger partial charge in [-0.3, -0.25) is 0 Å². The fraction of sp³-hybridized carbons (Fsp3) is 1.00. The number of hydrogen-bond acceptors (Lipinski definition) is 2. The van der Waals surface area contributed by atoms with Crippen molar-refractivity contribution in [1.29, 1.82) is 0 Å². The normalized spacial score (nSPS) is 34.2. The minimum Gasteiger partial charge on any atom is -0.379 e. The summed E-state index contributed by atoms with van der Waals surface area (Å²) >= 11 is 6.08. The molecule has 1 aliphatic carbocycles. The van der Waals surface area contributed by atoms with Crippen LogP contribution >= 0.6 is 11.6 Å². The molecule has 1 N–H and O–H groups in total. The molecule has 0 aromatic carbocycles. The number of alkyl halides is 1. The second-order valence-corrected chi connectivity index (χ2v) is 5.32. The molecule has 2 aliphatic rings. The average molecular weight is 232 g/mol. The molecule has 0 radical (unpaired) electrons. The van der Waals surface area contributed by atoms with E-state index in [1.54, 1.807) is 0 Å². The van der Waals surface area contributed by atoms with Gasteiger partial charge < -0.3 is 10.1 Å². The van der Waals surface area contributed by atoms with Crippen molar-refractivity contribution in [1.82, 2.24) is 5.32 Å². The lowest BCUT2D eigenvalue weighted by Crippen LogP contribution is -2.52. The molecule has 2 fully saturated rings. The summed E-state index contributed by atoms with van der Waals surface area (Å²) in [7, 11) is 0. The Hall–Kier alpha value is 0.210. The molecule has 1 saturated carbocycles. The summed E-state index contributed by atoms with van der Waals surface area (Å²) in [6, 6.07) is 0.674. The Morgan fingerprint density at radius 3 is 2.47 bits per heavy atom. The molecule has 0 amide bonds. The summed E-state index contributed by atoms with van der Waals surface area (Å²) in [6.45, 7) is 1.67. The third-order valence-electron chi connectivity index (χ3n) is 3.72. The van der Waals surface area contributed by atoms with Crippen molar-refractivity contribution in [3.05, 3.63) is 0 Å². The molecule has 1 saturated heterocycles. The zero-order valence-electron chi connectivity index (χ0n) is 9.43. The van der Waals surface area contributed by atoms with Gasteiger partial charge in [0.1, 0.15) is 0 Å². The summed E-state index contributed by atoms with van der Waals surface area (Å²) in [5.41, 5.74) is 0.0799. The van der Waals surface area contributed by atoms with Crippen LogP contribution in [0.15, 0.2) is 0 Å². The first-order valence-electron chi connectivity index (χ1n) is 6.26. The molecule has 0 aromatic heterocycles. The van der Waals surface area contributed by atoms with Gasteiger partial charge in [-0.05, 0) is 19.3 Å². The van der Waals surface area contributed by atoms with Gasteiger partial charge in [-0.15, -0.1) is 11.6 Å². The van der Waals surface area contributed by atoms with Crippen LogP contribution in [0.25, 0.3) is 0 Å². The summed E-state index contributed by atoms with van der Waals surface area (Å²) in [4.78, 5) is 0. The Labute approximate surface area is 97.7 Å². The number of halogens is 1. The molecule has 3 heteroatoms. The van der Waals surface area contributed by atoms with Crippen LogP contribution in [-0.2, 0) is 4.74 Å². The van der Waals surface area contributed by atoms with Gasteiger partial charge in [-0.25, -0.2) is 0 Å². The van der Waals surface area contributed by atoms with E-state index in [1.165, 1.54) is 38.5 Å². The minimum absolute atomic E-state index is 0.0799. The summed E-state index contributed by atoms with van der Waals surface area (Å²) in [5, 5.41) is 3.76. The smallest absolute Gasteiger partial charge is 0.0660 e. The Bertz CT molecular complexity index is 184. The van der Waals surface area contributed by atoms with E-state index in [0.29, 0.717) is 11.9 Å². The molecule has 1 atom stereocenters. The Kier molecular flexibility index (Phi) is 4.30. The molecule has 2 rings (SSSR count). The van der Waals surface area contributed by atoms with Crippen molar-refractivity contribution in [3.63, 3.8) is 0 Å². The van der Waals surface area contributed by atoms with E-state index in [9.17, 15) is 0 Å². The highest BCUT2D eigenvalue weighted by atomic mass is 35.5. The standard InChI is InChI=1S/C12H22ClNO/c13-9-12(7-8-15-10-12)14-11-5-3-1-2-4-6-11/h11,14H,1-10H2. The maximum absolute atomic E-state index is 6.08. The van der Waals surface area contributed by atoms with Gasteiger partial charge in [0.05, 0.1) is 12.1 Å². The Morgan fingerprint density at radius 1 is 1.20 bits per heavy atom. The second kappa shape index (κ2) is 5.51. The quantitative estimate of drug-likeness (QED) is 0.596. The minimum atomic E-state index is 0.0799. The van der Waals surface area contributed by atoms with Crippen LogP contribution in [0.4, 0.5) is 0 Å². The largest absolute Gasteiger partial charge is 0.379 e. The molecule has 1 unspecified atom stereocenters. The fourth-order valence-corrected chi connectivity index (χ4v) is 3.01. The van der Waals surface area contributed by atoms with Gasteiger partial charge in [0.15, 0.2) is 0 Å². The van der Waals surface area contributed by atoms with E-state index in [4.69, 9.17) is 16.3 Å². The second-order valence-electron chi connectivity index (χ2n) is 5.05. The van der Waals surface area contributed by atoms with Gasteiger partial charge in [-0.1, -0.05) is 25.7 Å². The first-order chi connectivity index (χ1) is 7.35. The van der Waals surface area contributed by atoms with Gasteiger partial charge >= 0.3 is 0 Å². The molecule has 88 valence electrons. The molecule has 2 nitrogen and oxygen atoms in total. The third kappa shape index (κ3) is 3.08. The van der Waals surface area contributed by atoms with E-state index in [1.807, 2.05) is 0 Å². The van der Waals surface area contributed by atoms with Gasteiger partial charge in [0.2, 0.25) is 0 Å². The highest BCUT2D eigenvalue weighted by Crippen LogP contribution is 2.25. The molecule has 0 spiro atoms. The van der Waals surface area contributed by atoms with E-state index in [0.717, 1.165) is 19.6 Å². The van der Waals surface area contributed by atoms with Crippen LogP contribution in [0, 0.1) is 0 Å². The zero-order chi connectivity index (χ0) is 10.6. The highest BCUT2D eigenvalue weighted by molar-refractivity contribution is 6.18. The van der Waals surface area contributed by atoms with Crippen LogP contribution in [0.1, 0.15) is 44.9 Å². The van der Waals surface area contributed by atoms with Crippen molar-refractivity contribution >= 4 is 11.6 Å². The summed E-state index contributed by atoms with van der Waals surface area (Å²) in [6.07, 6.45) is 9.27. The summed E-state index contributed by atoms with van der Waals surface area (Å²) in [5.74, 6) is 0.684. The molecular weight excluding hydrogens is 210 g/mol. The van der Waals surface area contributed by atoms with Crippen molar-refractivity contribution in [2.75, 3.05) is 19.1 Å². The predicted molar refractivity (Wildman–Crippen MR) is 63.5 cm³/mol. The first kappa shape index (κ1) is 11.7. The Balaban J connectivity index is 1.87. The van der Waals surface area contributed by atoms with Crippen LogP contribution in [0.3, 0.4) is 0 Å². The predicted octanol–water partition coefficient (Wildman–Crippen LogP) is 2.70. The first-order valence-corrected chi connectivity index (χ1v) is 6.79. The Morgan fingerprint density at radius 2 is 1.93 bits per heavy atom. The lowest BCUT2D eigenvalue weighted by atomic mass is 9.97. The monoisotopic (exact) mass is 231 g/mol. The van der Waals surface area contributed by atoms with E-state index < -0.39 is 0 Å². The highest BCUT2D eigenvalue weighted by Gasteiger charge is 2.35. The molecule has 1 aliphatic heterocycles. The van der Waals surface area contributed by atoms with Crippen LogP contribution in [0.5, 0.6) is 0 Å². The van der Waals surface area contributed by atoms with Crippen molar-refractivity contribution in [2.24, 2.45) is 0 Å². The van der Waals surface area contributed by atoms with Crippen molar-refractivity contribution in [3.8, 4) is 0 Å². The van der Waals surface area contributed by atoms with Crippen LogP contribution < -0.4 is 5.32 Å². The molecule has 0 bridgehead atoms. The van der Waals surface area contributed by atoms with Crippen LogP contribution in [-0.4, -0.2) is 30.7 Å². The zero-order valence-corrected chi connectivity index (χ0v) is 10.2. The number of nitrogens with one attached hydrogen (secondary N) is 1. The lowest BCUT2D eigenvalue weighted by Gasteiger charge is -2.31. The van der Waals surface area contributed by atoms with Crippen molar-refractivity contribution in [2.45, 2.75) is 56.5 Å². The van der Waals surface area contributed by atoms with E-state index in [2.05, 4.69) is 5.32 Å². The maximum atomic E-state index is 6.08. The molecule has 0 aromatic rings. The molecule has 15 heavy (non-hydrogen) atoms. The number of ether oxygens (including phenoxy) is 1. The van der Waals surface area contributed by atoms with Gasteiger partial charge in [-0.2, -0.15) is 0 Å². The fourth-order valence-electron chi connectivity index (χ4n) is 2.72. The average Bonchev–Trinajstić information content (AvgIpc) is 2.57. The van der Waals surface area contributed by atoms with Gasteiger partial charge in [0.25, 0.3) is 0 Å². The molecular formula is C12H22ClNO. The SMILES string of the molecule is ClCC1(NC2CCCCCC2)CCOC1. The van der Waals surface area contributed by atoms with E-state index in [-0.39, 0.29) is 5.54 Å². The van der Waals surface area contributed by atoms with Crippen LogP contribution in [0.2, 0.25) is 0 Å². The summed E-state index contributed by atoms with van der Waals surface area (Å²) < 4.78 is 5.48. The number of hydrogen-bond donors (Lipinski definition) is 1. The van der Waals surface area contributed by atoms with Gasteiger partial charge in [0, 0.05) is 18.5 Å².